The molecular formula is C17H16N6O. The number of nitrogens with one attached hydrogen (secondary N) is 2. The van der Waals surface area contributed by atoms with E-state index >= 15 is 0 Å². The molecule has 0 bridgehead atoms. The van der Waals surface area contributed by atoms with Crippen LogP contribution in [0.1, 0.15) is 41.2 Å². The van der Waals surface area contributed by atoms with Gasteiger partial charge in [-0.05, 0) is 25.0 Å². The van der Waals surface area contributed by atoms with E-state index in [2.05, 4.69) is 30.5 Å². The lowest BCUT2D eigenvalue weighted by Gasteiger charge is -2.24. The SMILES string of the molecule is O=C(Nc1cn[nH]c1-c1cnccn1)c1ccc(C2CCC2)nc1. The predicted molar refractivity (Wildman–Crippen MR) is 88.4 cm³/mol. The van der Waals surface area contributed by atoms with E-state index in [1.807, 2.05) is 12.1 Å². The number of rotatable bonds is 4. The van der Waals surface area contributed by atoms with Gasteiger partial charge < -0.3 is 5.32 Å². The number of hydrogen-bond acceptors (Lipinski definition) is 5. The van der Waals surface area contributed by atoms with Crippen molar-refractivity contribution < 1.29 is 4.79 Å². The molecule has 0 radical (unpaired) electrons. The molecule has 0 unspecified atom stereocenters. The van der Waals surface area contributed by atoms with Crippen molar-refractivity contribution in [2.75, 3.05) is 5.32 Å². The number of pyridine rings is 1. The van der Waals surface area contributed by atoms with Crippen LogP contribution in [-0.4, -0.2) is 31.1 Å². The molecule has 0 atom stereocenters. The Bertz CT molecular complexity index is 839. The van der Waals surface area contributed by atoms with Crippen LogP contribution in [-0.2, 0) is 0 Å². The minimum absolute atomic E-state index is 0.228. The van der Waals surface area contributed by atoms with E-state index < -0.39 is 0 Å². The molecule has 0 spiro atoms. The van der Waals surface area contributed by atoms with E-state index in [-0.39, 0.29) is 5.91 Å². The van der Waals surface area contributed by atoms with E-state index in [1.54, 1.807) is 31.0 Å². The van der Waals surface area contributed by atoms with Gasteiger partial charge in [-0.15, -0.1) is 0 Å². The molecule has 0 saturated heterocycles. The largest absolute Gasteiger partial charge is 0.319 e. The second kappa shape index (κ2) is 6.19. The zero-order chi connectivity index (χ0) is 16.4. The fourth-order valence-electron chi connectivity index (χ4n) is 2.68. The Morgan fingerprint density at radius 1 is 1.12 bits per heavy atom. The molecule has 2 N–H and O–H groups in total. The Balaban J connectivity index is 1.51. The molecule has 3 aromatic rings. The van der Waals surface area contributed by atoms with Crippen molar-refractivity contribution in [3.05, 3.63) is 54.4 Å². The second-order valence-corrected chi connectivity index (χ2v) is 5.80. The summed E-state index contributed by atoms with van der Waals surface area (Å²) in [7, 11) is 0. The highest BCUT2D eigenvalue weighted by Crippen LogP contribution is 2.35. The molecule has 3 aromatic heterocycles. The third kappa shape index (κ3) is 2.76. The zero-order valence-electron chi connectivity index (χ0n) is 12.9. The summed E-state index contributed by atoms with van der Waals surface area (Å²) >= 11 is 0. The molecule has 1 amide bonds. The number of H-pyrrole nitrogens is 1. The Kier molecular flexibility index (Phi) is 3.74. The van der Waals surface area contributed by atoms with Gasteiger partial charge >= 0.3 is 0 Å². The third-order valence-corrected chi connectivity index (χ3v) is 4.28. The van der Waals surface area contributed by atoms with Crippen LogP contribution >= 0.6 is 0 Å². The Labute approximate surface area is 138 Å². The molecule has 120 valence electrons. The maximum Gasteiger partial charge on any atom is 0.257 e. The summed E-state index contributed by atoms with van der Waals surface area (Å²) in [6.07, 6.45) is 11.6. The molecule has 1 aliphatic rings. The molecule has 7 nitrogen and oxygen atoms in total. The number of carbonyl (C=O) groups excluding carboxylic acids is 1. The maximum atomic E-state index is 12.4. The summed E-state index contributed by atoms with van der Waals surface area (Å²) in [4.78, 5) is 25.1. The van der Waals surface area contributed by atoms with E-state index in [9.17, 15) is 4.79 Å². The molecule has 1 aliphatic carbocycles. The average Bonchev–Trinajstić information content (AvgIpc) is 3.03. The number of carbonyl (C=O) groups is 1. The standard InChI is InChI=1S/C17H16N6O/c24-17(12-4-5-13(20-8-12)11-2-1-3-11)22-15-10-21-23-16(15)14-9-18-6-7-19-14/h4-11H,1-3H2,(H,21,23)(H,22,24). The zero-order valence-corrected chi connectivity index (χ0v) is 12.9. The molecule has 24 heavy (non-hydrogen) atoms. The summed E-state index contributed by atoms with van der Waals surface area (Å²) in [6.45, 7) is 0. The van der Waals surface area contributed by atoms with Crippen LogP contribution in [0.5, 0.6) is 0 Å². The topological polar surface area (TPSA) is 96.5 Å². The first-order valence-electron chi connectivity index (χ1n) is 7.88. The first kappa shape index (κ1) is 14.5. The molecule has 1 saturated carbocycles. The lowest BCUT2D eigenvalue weighted by molar-refractivity contribution is 0.102. The smallest absolute Gasteiger partial charge is 0.257 e. The fraction of sp³-hybridized carbons (Fsp3) is 0.235. The Morgan fingerprint density at radius 3 is 2.71 bits per heavy atom. The highest BCUT2D eigenvalue weighted by molar-refractivity contribution is 6.05. The predicted octanol–water partition coefficient (Wildman–Crippen LogP) is 2.78. The minimum atomic E-state index is -0.228. The van der Waals surface area contributed by atoms with Gasteiger partial charge in [0.2, 0.25) is 0 Å². The molecule has 3 heterocycles. The van der Waals surface area contributed by atoms with Gasteiger partial charge in [0, 0.05) is 30.2 Å². The van der Waals surface area contributed by atoms with Crippen molar-refractivity contribution in [2.24, 2.45) is 0 Å². The molecule has 7 heteroatoms. The average molecular weight is 320 g/mol. The van der Waals surface area contributed by atoms with Gasteiger partial charge in [-0.1, -0.05) is 6.42 Å². The quantitative estimate of drug-likeness (QED) is 0.770. The summed E-state index contributed by atoms with van der Waals surface area (Å²) < 4.78 is 0. The first-order valence-corrected chi connectivity index (χ1v) is 7.88. The van der Waals surface area contributed by atoms with Crippen molar-refractivity contribution >= 4 is 11.6 Å². The summed E-state index contributed by atoms with van der Waals surface area (Å²) in [5.41, 5.74) is 3.38. The molecule has 0 aromatic carbocycles. The van der Waals surface area contributed by atoms with Gasteiger partial charge in [-0.25, -0.2) is 0 Å². The highest BCUT2D eigenvalue weighted by Gasteiger charge is 2.21. The highest BCUT2D eigenvalue weighted by atomic mass is 16.1. The third-order valence-electron chi connectivity index (χ3n) is 4.28. The number of aromatic amines is 1. The van der Waals surface area contributed by atoms with Crippen LogP contribution in [0.2, 0.25) is 0 Å². The van der Waals surface area contributed by atoms with Gasteiger partial charge in [0.05, 0.1) is 23.6 Å². The van der Waals surface area contributed by atoms with Crippen LogP contribution < -0.4 is 5.32 Å². The van der Waals surface area contributed by atoms with Gasteiger partial charge in [0.25, 0.3) is 5.91 Å². The van der Waals surface area contributed by atoms with Crippen LogP contribution in [0.4, 0.5) is 5.69 Å². The van der Waals surface area contributed by atoms with E-state index in [4.69, 9.17) is 0 Å². The van der Waals surface area contributed by atoms with E-state index in [1.165, 1.54) is 19.3 Å². The first-order chi connectivity index (χ1) is 11.8. The van der Waals surface area contributed by atoms with E-state index in [0.29, 0.717) is 28.6 Å². The Morgan fingerprint density at radius 2 is 2.04 bits per heavy atom. The fourth-order valence-corrected chi connectivity index (χ4v) is 2.68. The van der Waals surface area contributed by atoms with Crippen molar-refractivity contribution in [3.8, 4) is 11.4 Å². The van der Waals surface area contributed by atoms with Crippen molar-refractivity contribution in [1.29, 1.82) is 0 Å². The van der Waals surface area contributed by atoms with Gasteiger partial charge in [-0.3, -0.25) is 24.8 Å². The van der Waals surface area contributed by atoms with Crippen molar-refractivity contribution in [1.82, 2.24) is 25.1 Å². The van der Waals surface area contributed by atoms with Crippen LogP contribution in [0.3, 0.4) is 0 Å². The number of anilines is 1. The second-order valence-electron chi connectivity index (χ2n) is 5.80. The van der Waals surface area contributed by atoms with Gasteiger partial charge in [0.15, 0.2) is 0 Å². The monoisotopic (exact) mass is 320 g/mol. The lowest BCUT2D eigenvalue weighted by Crippen LogP contribution is -2.14. The van der Waals surface area contributed by atoms with Crippen LogP contribution in [0.15, 0.2) is 43.1 Å². The summed E-state index contributed by atoms with van der Waals surface area (Å²) in [5.74, 6) is 0.327. The Hall–Kier alpha value is -3.09. The van der Waals surface area contributed by atoms with Gasteiger partial charge in [-0.2, -0.15) is 5.10 Å². The normalized spacial score (nSPS) is 14.2. The van der Waals surface area contributed by atoms with Crippen molar-refractivity contribution in [2.45, 2.75) is 25.2 Å². The van der Waals surface area contributed by atoms with Crippen LogP contribution in [0, 0.1) is 0 Å². The van der Waals surface area contributed by atoms with Crippen LogP contribution in [0.25, 0.3) is 11.4 Å². The lowest BCUT2D eigenvalue weighted by atomic mass is 9.82. The molecule has 4 rings (SSSR count). The molecule has 1 fully saturated rings. The summed E-state index contributed by atoms with van der Waals surface area (Å²) in [6, 6.07) is 3.76. The number of aromatic nitrogens is 5. The molecule has 0 aliphatic heterocycles. The summed E-state index contributed by atoms with van der Waals surface area (Å²) in [5, 5.41) is 9.65. The molecular weight excluding hydrogens is 304 g/mol. The maximum absolute atomic E-state index is 12.4. The number of amides is 1. The number of hydrogen-bond donors (Lipinski definition) is 2. The minimum Gasteiger partial charge on any atom is -0.319 e. The van der Waals surface area contributed by atoms with E-state index in [0.717, 1.165) is 5.69 Å². The van der Waals surface area contributed by atoms with Crippen molar-refractivity contribution in [3.63, 3.8) is 0 Å². The van der Waals surface area contributed by atoms with Gasteiger partial charge in [0.1, 0.15) is 11.4 Å². The number of nitrogens with zero attached hydrogens (tertiary/aromatic N) is 4.